The minimum atomic E-state index is 0.539. The van der Waals surface area contributed by atoms with Gasteiger partial charge in [-0.25, -0.2) is 0 Å². The van der Waals surface area contributed by atoms with Crippen molar-refractivity contribution in [3.63, 3.8) is 0 Å². The van der Waals surface area contributed by atoms with Crippen LogP contribution in [0.25, 0.3) is 0 Å². The van der Waals surface area contributed by atoms with Crippen LogP contribution in [0.4, 0.5) is 5.69 Å². The molecule has 4 heteroatoms. The van der Waals surface area contributed by atoms with Crippen molar-refractivity contribution in [2.45, 2.75) is 6.42 Å². The first-order valence-corrected chi connectivity index (χ1v) is 7.43. The molecule has 0 atom stereocenters. The lowest BCUT2D eigenvalue weighted by atomic mass is 9.79. The molecule has 1 aromatic carbocycles. The molecule has 2 N–H and O–H groups in total. The number of nitrogens with two attached hydrogens (primary N) is 1. The first-order valence-electron chi connectivity index (χ1n) is 6.64. The van der Waals surface area contributed by atoms with E-state index in [0.29, 0.717) is 5.41 Å². The first kappa shape index (κ1) is 12.5. The maximum absolute atomic E-state index is 5.60. The molecule has 2 aliphatic rings. The second-order valence-electron chi connectivity index (χ2n) is 5.65. The summed E-state index contributed by atoms with van der Waals surface area (Å²) < 4.78 is 1.17. The van der Waals surface area contributed by atoms with Crippen molar-refractivity contribution in [1.82, 2.24) is 4.90 Å². The van der Waals surface area contributed by atoms with E-state index in [-0.39, 0.29) is 0 Å². The zero-order valence-electron chi connectivity index (χ0n) is 10.6. The monoisotopic (exact) mass is 309 g/mol. The van der Waals surface area contributed by atoms with Crippen molar-refractivity contribution in [2.24, 2.45) is 11.1 Å². The molecule has 18 heavy (non-hydrogen) atoms. The Balaban J connectivity index is 1.63. The maximum atomic E-state index is 5.60. The Morgan fingerprint density at radius 1 is 1.28 bits per heavy atom. The highest BCUT2D eigenvalue weighted by Crippen LogP contribution is 2.41. The van der Waals surface area contributed by atoms with E-state index < -0.39 is 0 Å². The molecule has 2 saturated heterocycles. The number of nitrogens with zero attached hydrogens (tertiary/aromatic N) is 2. The third kappa shape index (κ3) is 2.29. The predicted molar refractivity (Wildman–Crippen MR) is 78.9 cm³/mol. The fraction of sp³-hybridized carbons (Fsp3) is 0.571. The summed E-state index contributed by atoms with van der Waals surface area (Å²) in [6, 6.07) is 8.63. The molecule has 0 unspecified atom stereocenters. The quantitative estimate of drug-likeness (QED) is 0.926. The third-order valence-corrected chi connectivity index (χ3v) is 4.67. The Kier molecular flexibility index (Phi) is 3.34. The van der Waals surface area contributed by atoms with Gasteiger partial charge in [-0.05, 0) is 24.6 Å². The van der Waals surface area contributed by atoms with Gasteiger partial charge < -0.3 is 15.5 Å². The topological polar surface area (TPSA) is 32.5 Å². The summed E-state index contributed by atoms with van der Waals surface area (Å²) in [6.45, 7) is 6.69. The zero-order valence-corrected chi connectivity index (χ0v) is 12.2. The smallest absolute Gasteiger partial charge is 0.0377 e. The Bertz CT molecular complexity index is 429. The van der Waals surface area contributed by atoms with Gasteiger partial charge in [0.15, 0.2) is 0 Å². The van der Waals surface area contributed by atoms with Gasteiger partial charge in [0, 0.05) is 54.8 Å². The lowest BCUT2D eigenvalue weighted by Gasteiger charge is -2.48. The van der Waals surface area contributed by atoms with Crippen molar-refractivity contribution in [1.29, 1.82) is 0 Å². The van der Waals surface area contributed by atoms with Crippen LogP contribution in [0.2, 0.25) is 0 Å². The summed E-state index contributed by atoms with van der Waals surface area (Å²) >= 11 is 3.55. The van der Waals surface area contributed by atoms with Gasteiger partial charge in [-0.3, -0.25) is 0 Å². The normalized spacial score (nSPS) is 22.4. The molecule has 0 radical (unpaired) electrons. The van der Waals surface area contributed by atoms with Crippen molar-refractivity contribution in [2.75, 3.05) is 44.2 Å². The number of rotatable bonds is 3. The molecule has 0 aliphatic carbocycles. The molecule has 2 heterocycles. The number of halogens is 1. The summed E-state index contributed by atoms with van der Waals surface area (Å²) in [4.78, 5) is 4.99. The number of hydrogen-bond acceptors (Lipinski definition) is 3. The van der Waals surface area contributed by atoms with Crippen LogP contribution in [-0.4, -0.2) is 44.2 Å². The van der Waals surface area contributed by atoms with E-state index in [2.05, 4.69) is 50.0 Å². The molecule has 3 rings (SSSR count). The largest absolute Gasteiger partial charge is 0.371 e. The fourth-order valence-corrected chi connectivity index (χ4v) is 3.72. The van der Waals surface area contributed by atoms with Gasteiger partial charge in [-0.2, -0.15) is 0 Å². The molecule has 0 amide bonds. The average molecular weight is 310 g/mol. The summed E-state index contributed by atoms with van der Waals surface area (Å²) in [5.74, 6) is 0. The Labute approximate surface area is 117 Å². The summed E-state index contributed by atoms with van der Waals surface area (Å²) in [5, 5.41) is 0. The Morgan fingerprint density at radius 2 is 2.11 bits per heavy atom. The highest BCUT2D eigenvalue weighted by Gasteiger charge is 2.47. The van der Waals surface area contributed by atoms with Crippen LogP contribution >= 0.6 is 15.9 Å². The van der Waals surface area contributed by atoms with Gasteiger partial charge >= 0.3 is 0 Å². The third-order valence-electron chi connectivity index (χ3n) is 4.18. The van der Waals surface area contributed by atoms with Gasteiger partial charge in [0.2, 0.25) is 0 Å². The molecular weight excluding hydrogens is 290 g/mol. The standard InChI is InChI=1S/C14H20BrN3/c15-12-2-1-3-13(8-12)18-6-4-14(11-18)9-17(10-14)7-5-16/h1-3,8H,4-7,9-11,16H2. The molecular formula is C14H20BrN3. The molecule has 98 valence electrons. The molecule has 1 aromatic rings. The molecule has 2 fully saturated rings. The number of benzene rings is 1. The summed E-state index contributed by atoms with van der Waals surface area (Å²) in [6.07, 6.45) is 1.32. The minimum absolute atomic E-state index is 0.539. The van der Waals surface area contributed by atoms with Crippen molar-refractivity contribution in [3.8, 4) is 0 Å². The first-order chi connectivity index (χ1) is 8.71. The average Bonchev–Trinajstić information content (AvgIpc) is 2.74. The maximum Gasteiger partial charge on any atom is 0.0377 e. The Hall–Kier alpha value is -0.580. The molecule has 0 aromatic heterocycles. The van der Waals surface area contributed by atoms with E-state index in [4.69, 9.17) is 5.73 Å². The van der Waals surface area contributed by atoms with Crippen LogP contribution < -0.4 is 10.6 Å². The van der Waals surface area contributed by atoms with E-state index in [0.717, 1.165) is 13.1 Å². The summed E-state index contributed by atoms with van der Waals surface area (Å²) in [5.41, 5.74) is 7.49. The van der Waals surface area contributed by atoms with Crippen LogP contribution in [0.1, 0.15) is 6.42 Å². The SMILES string of the molecule is NCCN1CC2(CCN(c3cccc(Br)c3)C2)C1. The summed E-state index contributed by atoms with van der Waals surface area (Å²) in [7, 11) is 0. The van der Waals surface area contributed by atoms with Gasteiger partial charge in [0.1, 0.15) is 0 Å². The highest BCUT2D eigenvalue weighted by molar-refractivity contribution is 9.10. The predicted octanol–water partition coefficient (Wildman–Crippen LogP) is 1.92. The van der Waals surface area contributed by atoms with Crippen LogP contribution in [0, 0.1) is 5.41 Å². The van der Waals surface area contributed by atoms with E-state index >= 15 is 0 Å². The Morgan fingerprint density at radius 3 is 2.83 bits per heavy atom. The van der Waals surface area contributed by atoms with Crippen molar-refractivity contribution >= 4 is 21.6 Å². The van der Waals surface area contributed by atoms with E-state index in [9.17, 15) is 0 Å². The number of likely N-dealkylation sites (tertiary alicyclic amines) is 1. The fourth-order valence-electron chi connectivity index (χ4n) is 3.33. The van der Waals surface area contributed by atoms with Crippen LogP contribution in [0.15, 0.2) is 28.7 Å². The van der Waals surface area contributed by atoms with Crippen molar-refractivity contribution in [3.05, 3.63) is 28.7 Å². The molecule has 1 spiro atoms. The van der Waals surface area contributed by atoms with E-state index in [1.165, 1.54) is 42.8 Å². The van der Waals surface area contributed by atoms with Gasteiger partial charge in [-0.15, -0.1) is 0 Å². The van der Waals surface area contributed by atoms with Crippen LogP contribution in [0.3, 0.4) is 0 Å². The molecule has 0 saturated carbocycles. The van der Waals surface area contributed by atoms with Gasteiger partial charge in [0.05, 0.1) is 0 Å². The molecule has 2 aliphatic heterocycles. The second kappa shape index (κ2) is 4.83. The number of anilines is 1. The lowest BCUT2D eigenvalue weighted by Crippen LogP contribution is -2.58. The minimum Gasteiger partial charge on any atom is -0.371 e. The lowest BCUT2D eigenvalue weighted by molar-refractivity contribution is 0.0213. The molecule has 3 nitrogen and oxygen atoms in total. The second-order valence-corrected chi connectivity index (χ2v) is 6.57. The van der Waals surface area contributed by atoms with Crippen molar-refractivity contribution < 1.29 is 0 Å². The molecule has 0 bridgehead atoms. The number of hydrogen-bond donors (Lipinski definition) is 1. The zero-order chi connectivity index (χ0) is 12.6. The van der Waals surface area contributed by atoms with Gasteiger partial charge in [-0.1, -0.05) is 22.0 Å². The van der Waals surface area contributed by atoms with Crippen LogP contribution in [0.5, 0.6) is 0 Å². The van der Waals surface area contributed by atoms with Gasteiger partial charge in [0.25, 0.3) is 0 Å². The van der Waals surface area contributed by atoms with Crippen LogP contribution in [-0.2, 0) is 0 Å². The highest BCUT2D eigenvalue weighted by atomic mass is 79.9. The van der Waals surface area contributed by atoms with E-state index in [1.807, 2.05) is 0 Å². The van der Waals surface area contributed by atoms with E-state index in [1.54, 1.807) is 0 Å².